The molecule has 0 amide bonds. The van der Waals surface area contributed by atoms with Gasteiger partial charge >= 0.3 is 0 Å². The molecule has 0 aromatic carbocycles. The van der Waals surface area contributed by atoms with Crippen molar-refractivity contribution in [3.63, 3.8) is 0 Å². The van der Waals surface area contributed by atoms with E-state index in [-0.39, 0.29) is 5.92 Å². The van der Waals surface area contributed by atoms with Gasteiger partial charge in [0, 0.05) is 6.20 Å². The highest BCUT2D eigenvalue weighted by molar-refractivity contribution is 6.00. The molecule has 2 rings (SSSR count). The van der Waals surface area contributed by atoms with Crippen LogP contribution in [-0.2, 0) is 0 Å². The van der Waals surface area contributed by atoms with Crippen molar-refractivity contribution in [2.75, 3.05) is 0 Å². The summed E-state index contributed by atoms with van der Waals surface area (Å²) in [6, 6.07) is 3.89. The molecule has 2 atom stereocenters. The zero-order valence-corrected chi connectivity index (χ0v) is 10.7. The SMILES string of the molecule is Cc1cccnc1C1=NC(O)C(C)(C(C)C)N1. The summed E-state index contributed by atoms with van der Waals surface area (Å²) in [4.78, 5) is 8.61. The summed E-state index contributed by atoms with van der Waals surface area (Å²) in [6.07, 6.45) is 1.02. The second kappa shape index (κ2) is 4.11. The van der Waals surface area contributed by atoms with Crippen LogP contribution in [0.2, 0.25) is 0 Å². The predicted octanol–water partition coefficient (Wildman–Crippen LogP) is 1.47. The van der Waals surface area contributed by atoms with E-state index in [1.807, 2.05) is 26.0 Å². The van der Waals surface area contributed by atoms with Crippen molar-refractivity contribution < 1.29 is 5.11 Å². The highest BCUT2D eigenvalue weighted by Crippen LogP contribution is 2.27. The zero-order chi connectivity index (χ0) is 12.6. The third-order valence-corrected chi connectivity index (χ3v) is 3.61. The number of aliphatic imine (C=N–C) groups is 1. The van der Waals surface area contributed by atoms with Gasteiger partial charge in [-0.1, -0.05) is 19.9 Å². The third-order valence-electron chi connectivity index (χ3n) is 3.61. The molecule has 2 N–H and O–H groups in total. The summed E-state index contributed by atoms with van der Waals surface area (Å²) < 4.78 is 0. The minimum absolute atomic E-state index is 0.280. The molecule has 0 aliphatic carbocycles. The number of aromatic nitrogens is 1. The van der Waals surface area contributed by atoms with Crippen molar-refractivity contribution in [1.82, 2.24) is 10.3 Å². The molecule has 92 valence electrons. The van der Waals surface area contributed by atoms with Crippen LogP contribution < -0.4 is 5.32 Å². The van der Waals surface area contributed by atoms with Crippen LogP contribution in [0.15, 0.2) is 23.3 Å². The average molecular weight is 233 g/mol. The number of hydrogen-bond acceptors (Lipinski definition) is 4. The molecular formula is C13H19N3O. The van der Waals surface area contributed by atoms with Gasteiger partial charge < -0.3 is 10.4 Å². The summed E-state index contributed by atoms with van der Waals surface area (Å²) in [6.45, 7) is 8.11. The maximum absolute atomic E-state index is 10.1. The maximum atomic E-state index is 10.1. The molecule has 0 spiro atoms. The minimum Gasteiger partial charge on any atom is -0.369 e. The van der Waals surface area contributed by atoms with Gasteiger partial charge in [-0.25, -0.2) is 4.99 Å². The number of aryl methyl sites for hydroxylation is 1. The number of nitrogens with zero attached hydrogens (tertiary/aromatic N) is 2. The Hall–Kier alpha value is -1.42. The summed E-state index contributed by atoms with van der Waals surface area (Å²) in [5, 5.41) is 13.4. The van der Waals surface area contributed by atoms with E-state index < -0.39 is 11.8 Å². The van der Waals surface area contributed by atoms with Crippen LogP contribution in [0.25, 0.3) is 0 Å². The smallest absolute Gasteiger partial charge is 0.170 e. The van der Waals surface area contributed by atoms with E-state index in [9.17, 15) is 5.11 Å². The van der Waals surface area contributed by atoms with E-state index in [4.69, 9.17) is 0 Å². The predicted molar refractivity (Wildman–Crippen MR) is 67.9 cm³/mol. The largest absolute Gasteiger partial charge is 0.369 e. The second-order valence-corrected chi connectivity index (χ2v) is 5.08. The Morgan fingerprint density at radius 1 is 1.47 bits per heavy atom. The van der Waals surface area contributed by atoms with Crippen LogP contribution in [0, 0.1) is 12.8 Å². The third kappa shape index (κ3) is 1.93. The van der Waals surface area contributed by atoms with Crippen LogP contribution in [0.1, 0.15) is 32.0 Å². The Bertz CT molecular complexity index is 456. The average Bonchev–Trinajstić information content (AvgIpc) is 2.57. The normalized spacial score (nSPS) is 28.1. The fourth-order valence-corrected chi connectivity index (χ4v) is 1.90. The molecule has 1 aromatic heterocycles. The van der Waals surface area contributed by atoms with Crippen molar-refractivity contribution in [2.24, 2.45) is 10.9 Å². The standard InChI is InChI=1S/C13H19N3O/c1-8(2)13(4)12(17)15-11(16-13)10-9(3)6-5-7-14-10/h5-8,12,17H,1-4H3,(H,15,16). The Balaban J connectivity index is 2.33. The number of aliphatic hydroxyl groups excluding tert-OH is 1. The lowest BCUT2D eigenvalue weighted by Gasteiger charge is -2.32. The lowest BCUT2D eigenvalue weighted by Crippen LogP contribution is -2.52. The van der Waals surface area contributed by atoms with Gasteiger partial charge in [0.2, 0.25) is 0 Å². The molecule has 1 aliphatic rings. The second-order valence-electron chi connectivity index (χ2n) is 5.08. The molecule has 0 fully saturated rings. The van der Waals surface area contributed by atoms with E-state index in [0.29, 0.717) is 5.84 Å². The summed E-state index contributed by atoms with van der Waals surface area (Å²) >= 11 is 0. The Labute approximate surface area is 102 Å². The molecule has 2 heterocycles. The number of aliphatic hydroxyl groups is 1. The molecule has 4 heteroatoms. The van der Waals surface area contributed by atoms with Gasteiger partial charge in [0.25, 0.3) is 0 Å². The van der Waals surface area contributed by atoms with Crippen molar-refractivity contribution in [3.8, 4) is 0 Å². The van der Waals surface area contributed by atoms with Crippen LogP contribution in [0.3, 0.4) is 0 Å². The molecule has 0 saturated carbocycles. The van der Waals surface area contributed by atoms with Crippen LogP contribution in [-0.4, -0.2) is 27.7 Å². The number of nitrogens with one attached hydrogen (secondary N) is 1. The van der Waals surface area contributed by atoms with E-state index in [1.165, 1.54) is 0 Å². The van der Waals surface area contributed by atoms with Gasteiger partial charge in [0.15, 0.2) is 12.1 Å². The van der Waals surface area contributed by atoms with Gasteiger partial charge in [0.1, 0.15) is 5.69 Å². The Morgan fingerprint density at radius 2 is 2.18 bits per heavy atom. The highest BCUT2D eigenvalue weighted by Gasteiger charge is 2.42. The van der Waals surface area contributed by atoms with E-state index >= 15 is 0 Å². The van der Waals surface area contributed by atoms with Gasteiger partial charge in [-0.2, -0.15) is 0 Å². The molecule has 0 radical (unpaired) electrons. The zero-order valence-electron chi connectivity index (χ0n) is 10.7. The van der Waals surface area contributed by atoms with Crippen molar-refractivity contribution in [2.45, 2.75) is 39.5 Å². The summed E-state index contributed by atoms with van der Waals surface area (Å²) in [5.74, 6) is 0.967. The first-order valence-corrected chi connectivity index (χ1v) is 5.91. The van der Waals surface area contributed by atoms with Gasteiger partial charge in [-0.3, -0.25) is 4.98 Å². The van der Waals surface area contributed by atoms with E-state index in [1.54, 1.807) is 6.20 Å². The quantitative estimate of drug-likeness (QED) is 0.813. The Kier molecular flexibility index (Phi) is 2.91. The summed E-state index contributed by atoms with van der Waals surface area (Å²) in [7, 11) is 0. The maximum Gasteiger partial charge on any atom is 0.170 e. The number of hydrogen-bond donors (Lipinski definition) is 2. The first kappa shape index (κ1) is 12.0. The topological polar surface area (TPSA) is 57.5 Å². The molecule has 1 aliphatic heterocycles. The lowest BCUT2D eigenvalue weighted by molar-refractivity contribution is 0.0749. The fourth-order valence-electron chi connectivity index (χ4n) is 1.90. The fraction of sp³-hybridized carbons (Fsp3) is 0.538. The molecule has 1 aromatic rings. The molecule has 4 nitrogen and oxygen atoms in total. The minimum atomic E-state index is -0.723. The van der Waals surface area contributed by atoms with E-state index in [0.717, 1.165) is 11.3 Å². The van der Waals surface area contributed by atoms with Gasteiger partial charge in [-0.05, 0) is 31.4 Å². The molecule has 0 bridgehead atoms. The van der Waals surface area contributed by atoms with Gasteiger partial charge in [-0.15, -0.1) is 0 Å². The molecule has 17 heavy (non-hydrogen) atoms. The van der Waals surface area contributed by atoms with Crippen LogP contribution >= 0.6 is 0 Å². The van der Waals surface area contributed by atoms with Gasteiger partial charge in [0.05, 0.1) is 5.54 Å². The number of rotatable bonds is 2. The number of pyridine rings is 1. The summed E-state index contributed by atoms with van der Waals surface area (Å²) in [5.41, 5.74) is 1.45. The van der Waals surface area contributed by atoms with Crippen LogP contribution in [0.4, 0.5) is 0 Å². The molecule has 2 unspecified atom stereocenters. The highest BCUT2D eigenvalue weighted by atomic mass is 16.3. The number of amidine groups is 1. The lowest BCUT2D eigenvalue weighted by atomic mass is 9.87. The van der Waals surface area contributed by atoms with Crippen molar-refractivity contribution >= 4 is 5.84 Å². The van der Waals surface area contributed by atoms with Crippen molar-refractivity contribution in [1.29, 1.82) is 0 Å². The monoisotopic (exact) mass is 233 g/mol. The Morgan fingerprint density at radius 3 is 2.71 bits per heavy atom. The first-order valence-electron chi connectivity index (χ1n) is 5.91. The first-order chi connectivity index (χ1) is 7.95. The molecule has 0 saturated heterocycles. The molecular weight excluding hydrogens is 214 g/mol. The van der Waals surface area contributed by atoms with E-state index in [2.05, 4.69) is 29.1 Å². The van der Waals surface area contributed by atoms with Crippen LogP contribution in [0.5, 0.6) is 0 Å². The van der Waals surface area contributed by atoms with Crippen molar-refractivity contribution in [3.05, 3.63) is 29.6 Å².